The molecule has 33 heavy (non-hydrogen) atoms. The molecule has 6 nitrogen and oxygen atoms in total. The van der Waals surface area contributed by atoms with E-state index in [0.29, 0.717) is 11.3 Å². The Kier molecular flexibility index (Phi) is 8.17. The molecule has 0 aliphatic rings. The van der Waals surface area contributed by atoms with Gasteiger partial charge in [-0.15, -0.1) is 0 Å². The quantitative estimate of drug-likeness (QED) is 0.235. The molecule has 0 heterocycles. The van der Waals surface area contributed by atoms with Crippen molar-refractivity contribution in [3.63, 3.8) is 0 Å². The third kappa shape index (κ3) is 6.42. The first kappa shape index (κ1) is 23.5. The van der Waals surface area contributed by atoms with Crippen LogP contribution in [-0.4, -0.2) is 41.8 Å². The zero-order chi connectivity index (χ0) is 23.6. The number of carboxylic acids is 1. The van der Waals surface area contributed by atoms with Crippen molar-refractivity contribution < 1.29 is 29.0 Å². The van der Waals surface area contributed by atoms with E-state index in [-0.39, 0.29) is 24.3 Å². The van der Waals surface area contributed by atoms with Crippen molar-refractivity contribution in [1.29, 1.82) is 0 Å². The molecular formula is C26H22FNO5. The van der Waals surface area contributed by atoms with Crippen molar-refractivity contribution in [2.45, 2.75) is 12.5 Å². The first-order chi connectivity index (χ1) is 16.0. The minimum Gasteiger partial charge on any atom is -0.481 e. The van der Waals surface area contributed by atoms with Gasteiger partial charge in [-0.25, -0.2) is 9.18 Å². The van der Waals surface area contributed by atoms with E-state index in [9.17, 15) is 14.4 Å². The highest BCUT2D eigenvalue weighted by Gasteiger charge is 2.16. The topological polar surface area (TPSA) is 88.4 Å². The Morgan fingerprint density at radius 3 is 2.36 bits per heavy atom. The van der Waals surface area contributed by atoms with Gasteiger partial charge in [-0.05, 0) is 54.1 Å². The molecule has 1 atom stereocenters. The number of carboxylic acid groups (broad SMARTS) is 1. The predicted octanol–water partition coefficient (Wildman–Crippen LogP) is 4.12. The third-order valence-corrected chi connectivity index (χ3v) is 4.84. The van der Waals surface area contributed by atoms with Crippen LogP contribution in [0.2, 0.25) is 0 Å². The fourth-order valence-corrected chi connectivity index (χ4v) is 3.10. The third-order valence-electron chi connectivity index (χ3n) is 4.84. The first-order valence-corrected chi connectivity index (χ1v) is 10.1. The minimum absolute atomic E-state index is 0.128. The molecule has 7 heteroatoms. The van der Waals surface area contributed by atoms with Gasteiger partial charge >= 0.3 is 5.97 Å². The van der Waals surface area contributed by atoms with E-state index in [1.165, 1.54) is 13.2 Å². The number of aliphatic carboxylic acids is 1. The van der Waals surface area contributed by atoms with Crippen LogP contribution in [0.3, 0.4) is 0 Å². The summed E-state index contributed by atoms with van der Waals surface area (Å²) in [5.41, 5.74) is 2.48. The smallest absolute Gasteiger partial charge is 0.333 e. The van der Waals surface area contributed by atoms with Crippen LogP contribution in [0.1, 0.15) is 22.3 Å². The number of methoxy groups -OCH3 is 1. The Morgan fingerprint density at radius 1 is 1.06 bits per heavy atom. The molecule has 3 aromatic rings. The number of oxime groups is 1. The van der Waals surface area contributed by atoms with Gasteiger partial charge in [0.1, 0.15) is 23.9 Å². The van der Waals surface area contributed by atoms with Crippen LogP contribution in [0.25, 0.3) is 0 Å². The number of hydrogen-bond donors (Lipinski definition) is 2. The van der Waals surface area contributed by atoms with Gasteiger partial charge in [0.05, 0.1) is 0 Å². The number of rotatable bonds is 8. The second-order valence-electron chi connectivity index (χ2n) is 7.01. The van der Waals surface area contributed by atoms with Crippen LogP contribution in [0, 0.1) is 17.7 Å². The Bertz CT molecular complexity index is 1180. The highest BCUT2D eigenvalue weighted by atomic mass is 19.1. The summed E-state index contributed by atoms with van der Waals surface area (Å²) in [7, 11) is 1.37. The Hall–Kier alpha value is -4.15. The summed E-state index contributed by atoms with van der Waals surface area (Å²) in [6, 6.07) is 20.0. The van der Waals surface area contributed by atoms with Crippen molar-refractivity contribution in [1.82, 2.24) is 0 Å². The molecule has 0 fully saturated rings. The lowest BCUT2D eigenvalue weighted by Crippen LogP contribution is -2.24. The van der Waals surface area contributed by atoms with Gasteiger partial charge in [-0.3, -0.25) is 0 Å². The maximum absolute atomic E-state index is 14.0. The number of ether oxygens (including phenoxy) is 2. The predicted molar refractivity (Wildman–Crippen MR) is 121 cm³/mol. The summed E-state index contributed by atoms with van der Waals surface area (Å²) in [6.45, 7) is 0.153. The summed E-state index contributed by atoms with van der Waals surface area (Å²) < 4.78 is 24.6. The minimum atomic E-state index is -1.00. The fourth-order valence-electron chi connectivity index (χ4n) is 3.10. The van der Waals surface area contributed by atoms with Crippen molar-refractivity contribution in [3.8, 4) is 17.6 Å². The molecule has 2 N–H and O–H groups in total. The van der Waals surface area contributed by atoms with Crippen LogP contribution < -0.4 is 4.74 Å². The average Bonchev–Trinajstić information content (AvgIpc) is 2.83. The SMILES string of the molecule is CO[C@@H](Cc1ccc(C#CCOc2ccc(C(=NO)c3ccccc3F)cc2)cc1)C(=O)O. The number of hydrogen-bond acceptors (Lipinski definition) is 5. The first-order valence-electron chi connectivity index (χ1n) is 10.1. The number of benzene rings is 3. The van der Waals surface area contributed by atoms with Gasteiger partial charge in [0.25, 0.3) is 0 Å². The molecule has 3 rings (SSSR count). The molecule has 0 radical (unpaired) electrons. The highest BCUT2D eigenvalue weighted by molar-refractivity contribution is 6.12. The second kappa shape index (κ2) is 11.5. The largest absolute Gasteiger partial charge is 0.481 e. The summed E-state index contributed by atoms with van der Waals surface area (Å²) in [5, 5.41) is 21.6. The average molecular weight is 447 g/mol. The van der Waals surface area contributed by atoms with Crippen LogP contribution in [0.4, 0.5) is 4.39 Å². The van der Waals surface area contributed by atoms with Crippen molar-refractivity contribution in [3.05, 3.63) is 101 Å². The zero-order valence-corrected chi connectivity index (χ0v) is 17.9. The van der Waals surface area contributed by atoms with E-state index in [1.54, 1.807) is 42.5 Å². The van der Waals surface area contributed by atoms with Gasteiger partial charge in [0, 0.05) is 30.2 Å². The number of halogens is 1. The molecule has 0 saturated carbocycles. The van der Waals surface area contributed by atoms with Gasteiger partial charge in [-0.1, -0.05) is 41.3 Å². The van der Waals surface area contributed by atoms with E-state index >= 15 is 0 Å². The Morgan fingerprint density at radius 2 is 1.76 bits per heavy atom. The molecule has 0 amide bonds. The lowest BCUT2D eigenvalue weighted by Gasteiger charge is -2.10. The normalized spacial score (nSPS) is 11.9. The van der Waals surface area contributed by atoms with Crippen molar-refractivity contribution in [2.75, 3.05) is 13.7 Å². The van der Waals surface area contributed by atoms with Gasteiger partial charge in [0.2, 0.25) is 0 Å². The second-order valence-corrected chi connectivity index (χ2v) is 7.01. The molecule has 0 saturated heterocycles. The molecule has 168 valence electrons. The van der Waals surface area contributed by atoms with E-state index in [2.05, 4.69) is 17.0 Å². The lowest BCUT2D eigenvalue weighted by molar-refractivity contribution is -0.148. The van der Waals surface area contributed by atoms with E-state index in [4.69, 9.17) is 14.6 Å². The van der Waals surface area contributed by atoms with Crippen LogP contribution >= 0.6 is 0 Å². The van der Waals surface area contributed by atoms with Crippen LogP contribution in [0.5, 0.6) is 5.75 Å². The van der Waals surface area contributed by atoms with Crippen molar-refractivity contribution >= 4 is 11.7 Å². The maximum Gasteiger partial charge on any atom is 0.333 e. The standard InChI is InChI=1S/C26H22FNO5/c1-32-24(26(29)30)17-19-10-8-18(9-11-19)5-4-16-33-21-14-12-20(13-15-21)25(28-31)22-6-2-3-7-23(22)27/h2-3,6-15,24,31H,16-17H2,1H3,(H,29,30)/t24-/m0/s1. The number of nitrogens with zero attached hydrogens (tertiary/aromatic N) is 1. The molecule has 0 aliphatic heterocycles. The Balaban J connectivity index is 1.57. The molecule has 0 aromatic heterocycles. The van der Waals surface area contributed by atoms with Gasteiger partial charge < -0.3 is 19.8 Å². The van der Waals surface area contributed by atoms with Gasteiger partial charge in [0.15, 0.2) is 6.10 Å². The van der Waals surface area contributed by atoms with Crippen LogP contribution in [0.15, 0.2) is 78.0 Å². The summed E-state index contributed by atoms with van der Waals surface area (Å²) in [5.74, 6) is 4.98. The fraction of sp³-hybridized carbons (Fsp3) is 0.154. The summed E-state index contributed by atoms with van der Waals surface area (Å²) in [4.78, 5) is 11.0. The Labute approximate surface area is 190 Å². The molecular weight excluding hydrogens is 425 g/mol. The molecule has 3 aromatic carbocycles. The highest BCUT2D eigenvalue weighted by Crippen LogP contribution is 2.18. The molecule has 0 aliphatic carbocycles. The van der Waals surface area contributed by atoms with E-state index in [1.807, 2.05) is 24.3 Å². The zero-order valence-electron chi connectivity index (χ0n) is 17.9. The van der Waals surface area contributed by atoms with E-state index in [0.717, 1.165) is 11.1 Å². The van der Waals surface area contributed by atoms with Crippen molar-refractivity contribution in [2.24, 2.45) is 5.16 Å². The summed E-state index contributed by atoms with van der Waals surface area (Å²) in [6.07, 6.45) is -0.605. The van der Waals surface area contributed by atoms with E-state index < -0.39 is 17.9 Å². The van der Waals surface area contributed by atoms with Crippen LogP contribution in [-0.2, 0) is 16.0 Å². The van der Waals surface area contributed by atoms with Gasteiger partial charge in [-0.2, -0.15) is 0 Å². The lowest BCUT2D eigenvalue weighted by atomic mass is 10.0. The molecule has 0 bridgehead atoms. The maximum atomic E-state index is 14.0. The molecule has 0 unspecified atom stereocenters. The number of carbonyl (C=O) groups is 1. The summed E-state index contributed by atoms with van der Waals surface area (Å²) >= 11 is 0. The molecule has 0 spiro atoms. The monoisotopic (exact) mass is 447 g/mol.